The minimum atomic E-state index is -3.06. The van der Waals surface area contributed by atoms with Gasteiger partial charge in [0, 0.05) is 29.7 Å². The first-order chi connectivity index (χ1) is 12.4. The summed E-state index contributed by atoms with van der Waals surface area (Å²) in [5, 5.41) is 3.64. The Morgan fingerprint density at radius 3 is 2.77 bits per heavy atom. The van der Waals surface area contributed by atoms with Gasteiger partial charge in [-0.15, -0.1) is 0 Å². The van der Waals surface area contributed by atoms with Gasteiger partial charge in [0.15, 0.2) is 9.84 Å². The largest absolute Gasteiger partial charge is 0.361 e. The molecule has 3 rings (SSSR count). The van der Waals surface area contributed by atoms with Crippen LogP contribution in [0.2, 0.25) is 0 Å². The number of hydrogen-bond donors (Lipinski definition) is 2. The number of aromatic nitrogens is 1. The van der Waals surface area contributed by atoms with Gasteiger partial charge < -0.3 is 15.2 Å². The molecule has 8 heteroatoms. The van der Waals surface area contributed by atoms with Crippen molar-refractivity contribution < 1.29 is 18.0 Å². The summed E-state index contributed by atoms with van der Waals surface area (Å²) in [5.74, 6) is -0.357. The Morgan fingerprint density at radius 2 is 2.08 bits per heavy atom. The molecule has 1 unspecified atom stereocenters. The summed E-state index contributed by atoms with van der Waals surface area (Å²) in [6.07, 6.45) is 2.44. The minimum Gasteiger partial charge on any atom is -0.361 e. The molecule has 1 aliphatic rings. The Morgan fingerprint density at radius 1 is 1.31 bits per heavy atom. The standard InChI is InChI=1S/C18H23N3O4S/c1-2-21(14-7-8-26(24,25)12-14)18(23)11-20-17(22)9-13-10-19-16-6-4-3-5-15(13)16/h3-6,10,14,19H,2,7-9,11-12H2,1H3,(H,20,22). The molecule has 26 heavy (non-hydrogen) atoms. The fourth-order valence-corrected chi connectivity index (χ4v) is 5.18. The smallest absolute Gasteiger partial charge is 0.242 e. The molecule has 2 N–H and O–H groups in total. The van der Waals surface area contributed by atoms with E-state index in [-0.39, 0.29) is 42.3 Å². The van der Waals surface area contributed by atoms with Crippen molar-refractivity contribution in [2.75, 3.05) is 24.6 Å². The van der Waals surface area contributed by atoms with Crippen LogP contribution in [-0.4, -0.2) is 60.8 Å². The van der Waals surface area contributed by atoms with Crippen molar-refractivity contribution in [1.82, 2.24) is 15.2 Å². The van der Waals surface area contributed by atoms with Crippen molar-refractivity contribution in [1.29, 1.82) is 0 Å². The highest BCUT2D eigenvalue weighted by Gasteiger charge is 2.33. The van der Waals surface area contributed by atoms with Gasteiger partial charge in [-0.2, -0.15) is 0 Å². The van der Waals surface area contributed by atoms with Crippen molar-refractivity contribution in [3.63, 3.8) is 0 Å². The average molecular weight is 377 g/mol. The van der Waals surface area contributed by atoms with Crippen LogP contribution in [-0.2, 0) is 25.8 Å². The Labute approximate surface area is 152 Å². The lowest BCUT2D eigenvalue weighted by Crippen LogP contribution is -2.46. The fourth-order valence-electron chi connectivity index (χ4n) is 3.45. The number of sulfone groups is 1. The quantitative estimate of drug-likeness (QED) is 0.780. The second kappa shape index (κ2) is 7.49. The number of benzene rings is 1. The van der Waals surface area contributed by atoms with Gasteiger partial charge in [0.25, 0.3) is 0 Å². The van der Waals surface area contributed by atoms with Gasteiger partial charge in [0.1, 0.15) is 0 Å². The second-order valence-corrected chi connectivity index (χ2v) is 8.78. The zero-order chi connectivity index (χ0) is 18.7. The predicted octanol–water partition coefficient (Wildman–Crippen LogP) is 0.862. The molecule has 2 aromatic rings. The van der Waals surface area contributed by atoms with E-state index in [0.29, 0.717) is 13.0 Å². The number of nitrogens with one attached hydrogen (secondary N) is 2. The summed E-state index contributed by atoms with van der Waals surface area (Å²) < 4.78 is 23.2. The van der Waals surface area contributed by atoms with E-state index >= 15 is 0 Å². The SMILES string of the molecule is CCN(C(=O)CNC(=O)Cc1c[nH]c2ccccc12)C1CCS(=O)(=O)C1. The Bertz CT molecular complexity index is 919. The highest BCUT2D eigenvalue weighted by atomic mass is 32.2. The molecule has 140 valence electrons. The van der Waals surface area contributed by atoms with Gasteiger partial charge in [-0.1, -0.05) is 18.2 Å². The monoisotopic (exact) mass is 377 g/mol. The number of fused-ring (bicyclic) bond motifs is 1. The molecule has 0 spiro atoms. The first-order valence-electron chi connectivity index (χ1n) is 8.71. The van der Waals surface area contributed by atoms with Gasteiger partial charge in [-0.3, -0.25) is 9.59 Å². The third kappa shape index (κ3) is 4.07. The summed E-state index contributed by atoms with van der Waals surface area (Å²) in [6, 6.07) is 7.43. The van der Waals surface area contributed by atoms with E-state index < -0.39 is 9.84 Å². The molecule has 0 bridgehead atoms. The van der Waals surface area contributed by atoms with Crippen LogP contribution < -0.4 is 5.32 Å². The summed E-state index contributed by atoms with van der Waals surface area (Å²) in [7, 11) is -3.06. The number of carbonyl (C=O) groups is 2. The second-order valence-electron chi connectivity index (χ2n) is 6.55. The topological polar surface area (TPSA) is 99.3 Å². The molecular formula is C18H23N3O4S. The Hall–Kier alpha value is -2.35. The average Bonchev–Trinajstić information content (AvgIpc) is 3.17. The van der Waals surface area contributed by atoms with Crippen LogP contribution >= 0.6 is 0 Å². The van der Waals surface area contributed by atoms with Crippen LogP contribution in [0.25, 0.3) is 10.9 Å². The van der Waals surface area contributed by atoms with Gasteiger partial charge in [0.05, 0.1) is 24.5 Å². The maximum Gasteiger partial charge on any atom is 0.242 e. The van der Waals surface area contributed by atoms with Crippen LogP contribution in [0.4, 0.5) is 0 Å². The van der Waals surface area contributed by atoms with Gasteiger partial charge in [-0.25, -0.2) is 8.42 Å². The van der Waals surface area contributed by atoms with Crippen molar-refractivity contribution in [2.45, 2.75) is 25.8 Å². The molecule has 1 aliphatic heterocycles. The maximum absolute atomic E-state index is 12.4. The van der Waals surface area contributed by atoms with Crippen molar-refractivity contribution in [2.24, 2.45) is 0 Å². The summed E-state index contributed by atoms with van der Waals surface area (Å²) in [4.78, 5) is 29.3. The summed E-state index contributed by atoms with van der Waals surface area (Å²) >= 11 is 0. The molecule has 0 aliphatic carbocycles. The van der Waals surface area contributed by atoms with Crippen molar-refractivity contribution >= 4 is 32.6 Å². The third-order valence-electron chi connectivity index (χ3n) is 4.77. The molecule has 2 heterocycles. The molecule has 7 nitrogen and oxygen atoms in total. The number of rotatable bonds is 6. The molecule has 1 aromatic heterocycles. The number of H-pyrrole nitrogens is 1. The number of nitrogens with zero attached hydrogens (tertiary/aromatic N) is 1. The lowest BCUT2D eigenvalue weighted by molar-refractivity contribution is -0.134. The zero-order valence-corrected chi connectivity index (χ0v) is 15.5. The number of para-hydroxylation sites is 1. The van der Waals surface area contributed by atoms with Gasteiger partial charge in [-0.05, 0) is 25.0 Å². The zero-order valence-electron chi connectivity index (χ0n) is 14.7. The first-order valence-corrected chi connectivity index (χ1v) is 10.5. The van der Waals surface area contributed by atoms with Crippen molar-refractivity contribution in [3.05, 3.63) is 36.0 Å². The Kier molecular flexibility index (Phi) is 5.31. The number of hydrogen-bond acceptors (Lipinski definition) is 4. The van der Waals surface area contributed by atoms with E-state index in [1.165, 1.54) is 0 Å². The minimum absolute atomic E-state index is 0.00979. The van der Waals surface area contributed by atoms with E-state index in [1.54, 1.807) is 11.1 Å². The number of likely N-dealkylation sites (N-methyl/N-ethyl adjacent to an activating group) is 1. The molecule has 1 fully saturated rings. The van der Waals surface area contributed by atoms with Crippen LogP contribution in [0.1, 0.15) is 18.9 Å². The third-order valence-corrected chi connectivity index (χ3v) is 6.52. The summed E-state index contributed by atoms with van der Waals surface area (Å²) in [5.41, 5.74) is 1.84. The lowest BCUT2D eigenvalue weighted by atomic mass is 10.1. The number of aromatic amines is 1. The van der Waals surface area contributed by atoms with Gasteiger partial charge >= 0.3 is 0 Å². The lowest BCUT2D eigenvalue weighted by Gasteiger charge is -2.27. The summed E-state index contributed by atoms with van der Waals surface area (Å²) in [6.45, 7) is 2.12. The fraction of sp³-hybridized carbons (Fsp3) is 0.444. The molecule has 0 saturated carbocycles. The van der Waals surface area contributed by atoms with Crippen molar-refractivity contribution in [3.8, 4) is 0 Å². The van der Waals surface area contributed by atoms with Crippen LogP contribution in [0.3, 0.4) is 0 Å². The molecule has 2 amide bonds. The van der Waals surface area contributed by atoms with Crippen LogP contribution in [0.5, 0.6) is 0 Å². The predicted molar refractivity (Wildman–Crippen MR) is 99.5 cm³/mol. The van der Waals surface area contributed by atoms with Gasteiger partial charge in [0.2, 0.25) is 11.8 Å². The first kappa shape index (κ1) is 18.4. The van der Waals surface area contributed by atoms with E-state index in [1.807, 2.05) is 31.2 Å². The molecule has 1 atom stereocenters. The maximum atomic E-state index is 12.4. The molecule has 0 radical (unpaired) electrons. The Balaban J connectivity index is 1.55. The molecule has 1 aromatic carbocycles. The molecule has 1 saturated heterocycles. The normalized spacial score (nSPS) is 18.7. The highest BCUT2D eigenvalue weighted by molar-refractivity contribution is 7.91. The number of amides is 2. The van der Waals surface area contributed by atoms with E-state index in [2.05, 4.69) is 10.3 Å². The van der Waals surface area contributed by atoms with E-state index in [4.69, 9.17) is 0 Å². The van der Waals surface area contributed by atoms with Crippen LogP contribution in [0.15, 0.2) is 30.5 Å². The molecular weight excluding hydrogens is 354 g/mol. The van der Waals surface area contributed by atoms with E-state index in [9.17, 15) is 18.0 Å². The van der Waals surface area contributed by atoms with Crippen LogP contribution in [0, 0.1) is 0 Å². The van der Waals surface area contributed by atoms with E-state index in [0.717, 1.165) is 16.5 Å². The number of carbonyl (C=O) groups excluding carboxylic acids is 2. The highest BCUT2D eigenvalue weighted by Crippen LogP contribution is 2.19.